The number of carbonyl (C=O) groups is 1. The zero-order valence-electron chi connectivity index (χ0n) is 16.0. The molecule has 3 N–H and O–H groups in total. The SMILES string of the molecule is Cc1csc(-c2ccc(NC(=O)c3cnc(N4CCOC(CN)C4)cn3)cc2)n1. The van der Waals surface area contributed by atoms with Gasteiger partial charge in [0, 0.05) is 42.0 Å². The van der Waals surface area contributed by atoms with E-state index < -0.39 is 0 Å². The lowest BCUT2D eigenvalue weighted by Crippen LogP contribution is -2.46. The van der Waals surface area contributed by atoms with E-state index in [9.17, 15) is 4.79 Å². The number of hydrogen-bond acceptors (Lipinski definition) is 8. The molecular weight excluding hydrogens is 388 g/mol. The molecule has 0 saturated carbocycles. The molecule has 29 heavy (non-hydrogen) atoms. The fraction of sp³-hybridized carbons (Fsp3) is 0.300. The highest BCUT2D eigenvalue weighted by atomic mass is 32.1. The number of morpholine rings is 1. The molecule has 1 fully saturated rings. The van der Waals surface area contributed by atoms with Gasteiger partial charge in [-0.15, -0.1) is 11.3 Å². The van der Waals surface area contributed by atoms with Crippen molar-refractivity contribution in [3.8, 4) is 10.6 Å². The summed E-state index contributed by atoms with van der Waals surface area (Å²) in [6.45, 7) is 4.42. The third-order valence-electron chi connectivity index (χ3n) is 4.61. The van der Waals surface area contributed by atoms with E-state index >= 15 is 0 Å². The van der Waals surface area contributed by atoms with Crippen LogP contribution in [-0.4, -0.2) is 53.2 Å². The molecule has 0 spiro atoms. The largest absolute Gasteiger partial charge is 0.373 e. The van der Waals surface area contributed by atoms with Crippen molar-refractivity contribution in [2.24, 2.45) is 5.73 Å². The van der Waals surface area contributed by atoms with Crippen LogP contribution < -0.4 is 16.0 Å². The number of ether oxygens (including phenoxy) is 1. The summed E-state index contributed by atoms with van der Waals surface area (Å²) in [5, 5.41) is 5.82. The van der Waals surface area contributed by atoms with Crippen molar-refractivity contribution >= 4 is 28.7 Å². The van der Waals surface area contributed by atoms with E-state index in [1.807, 2.05) is 36.6 Å². The highest BCUT2D eigenvalue weighted by Gasteiger charge is 2.21. The number of hydrogen-bond donors (Lipinski definition) is 2. The molecular formula is C20H22N6O2S. The molecule has 2 aromatic heterocycles. The van der Waals surface area contributed by atoms with Gasteiger partial charge in [0.05, 0.1) is 25.1 Å². The molecule has 8 nitrogen and oxygen atoms in total. The molecule has 4 rings (SSSR count). The second-order valence-corrected chi connectivity index (χ2v) is 7.62. The van der Waals surface area contributed by atoms with Gasteiger partial charge >= 0.3 is 0 Å². The van der Waals surface area contributed by atoms with Crippen LogP contribution in [0.4, 0.5) is 11.5 Å². The van der Waals surface area contributed by atoms with Gasteiger partial charge in [0.15, 0.2) is 0 Å². The lowest BCUT2D eigenvalue weighted by molar-refractivity contribution is 0.0462. The smallest absolute Gasteiger partial charge is 0.275 e. The van der Waals surface area contributed by atoms with Crippen molar-refractivity contribution in [1.82, 2.24) is 15.0 Å². The molecule has 1 amide bonds. The summed E-state index contributed by atoms with van der Waals surface area (Å²) >= 11 is 1.60. The van der Waals surface area contributed by atoms with Crippen LogP contribution in [0.25, 0.3) is 10.6 Å². The van der Waals surface area contributed by atoms with Gasteiger partial charge in [-0.25, -0.2) is 15.0 Å². The number of rotatable bonds is 5. The average Bonchev–Trinajstić information content (AvgIpc) is 3.20. The Hall–Kier alpha value is -2.88. The number of nitrogens with zero attached hydrogens (tertiary/aromatic N) is 4. The maximum absolute atomic E-state index is 12.5. The van der Waals surface area contributed by atoms with E-state index in [0.717, 1.165) is 22.8 Å². The summed E-state index contributed by atoms with van der Waals surface area (Å²) in [6, 6.07) is 7.59. The van der Waals surface area contributed by atoms with Crippen LogP contribution >= 0.6 is 11.3 Å². The van der Waals surface area contributed by atoms with Gasteiger partial charge in [0.1, 0.15) is 16.5 Å². The fourth-order valence-corrected chi connectivity index (χ4v) is 3.85. The third kappa shape index (κ3) is 4.58. The van der Waals surface area contributed by atoms with E-state index in [1.54, 1.807) is 17.5 Å². The maximum Gasteiger partial charge on any atom is 0.275 e. The van der Waals surface area contributed by atoms with Gasteiger partial charge in [0.25, 0.3) is 5.91 Å². The molecule has 1 aliphatic rings. The summed E-state index contributed by atoms with van der Waals surface area (Å²) in [6.07, 6.45) is 3.09. The highest BCUT2D eigenvalue weighted by molar-refractivity contribution is 7.13. The molecule has 150 valence electrons. The number of aromatic nitrogens is 3. The Labute approximate surface area is 172 Å². The van der Waals surface area contributed by atoms with Gasteiger partial charge in [-0.1, -0.05) is 0 Å². The number of amides is 1. The summed E-state index contributed by atoms with van der Waals surface area (Å²) < 4.78 is 5.56. The quantitative estimate of drug-likeness (QED) is 0.665. The number of nitrogens with one attached hydrogen (secondary N) is 1. The topological polar surface area (TPSA) is 106 Å². The normalized spacial score (nSPS) is 16.6. The third-order valence-corrected chi connectivity index (χ3v) is 5.61. The second-order valence-electron chi connectivity index (χ2n) is 6.76. The molecule has 3 heterocycles. The molecule has 0 radical (unpaired) electrons. The first kappa shape index (κ1) is 19.4. The molecule has 0 aliphatic carbocycles. The number of carbonyl (C=O) groups excluding carboxylic acids is 1. The molecule has 1 unspecified atom stereocenters. The number of thiazole rings is 1. The van der Waals surface area contributed by atoms with Crippen LogP contribution in [0.1, 0.15) is 16.2 Å². The van der Waals surface area contributed by atoms with Crippen LogP contribution in [0.3, 0.4) is 0 Å². The fourth-order valence-electron chi connectivity index (χ4n) is 3.05. The highest BCUT2D eigenvalue weighted by Crippen LogP contribution is 2.25. The van der Waals surface area contributed by atoms with Crippen molar-refractivity contribution in [2.75, 3.05) is 36.5 Å². The van der Waals surface area contributed by atoms with E-state index in [-0.39, 0.29) is 17.7 Å². The molecule has 1 atom stereocenters. The minimum absolute atomic E-state index is 0.00945. The van der Waals surface area contributed by atoms with Gasteiger partial charge in [-0.05, 0) is 31.2 Å². The number of aryl methyl sites for hydroxylation is 1. The van der Waals surface area contributed by atoms with Crippen molar-refractivity contribution < 1.29 is 9.53 Å². The zero-order chi connectivity index (χ0) is 20.2. The first-order valence-electron chi connectivity index (χ1n) is 9.35. The number of anilines is 2. The summed E-state index contributed by atoms with van der Waals surface area (Å²) in [5.41, 5.74) is 8.65. The van der Waals surface area contributed by atoms with Crippen molar-refractivity contribution in [1.29, 1.82) is 0 Å². The maximum atomic E-state index is 12.5. The lowest BCUT2D eigenvalue weighted by atomic mass is 10.2. The van der Waals surface area contributed by atoms with Crippen molar-refractivity contribution in [3.05, 3.63) is 53.4 Å². The Morgan fingerprint density at radius 3 is 2.79 bits per heavy atom. The van der Waals surface area contributed by atoms with Crippen LogP contribution in [-0.2, 0) is 4.74 Å². The Morgan fingerprint density at radius 1 is 1.31 bits per heavy atom. The molecule has 1 aliphatic heterocycles. The average molecular weight is 411 g/mol. The van der Waals surface area contributed by atoms with Crippen molar-refractivity contribution in [3.63, 3.8) is 0 Å². The molecule has 0 bridgehead atoms. The number of benzene rings is 1. The molecule has 1 saturated heterocycles. The van der Waals surface area contributed by atoms with E-state index in [2.05, 4.69) is 25.2 Å². The summed E-state index contributed by atoms with van der Waals surface area (Å²) in [4.78, 5) is 27.7. The Morgan fingerprint density at radius 2 is 2.14 bits per heavy atom. The van der Waals surface area contributed by atoms with Crippen LogP contribution in [0.2, 0.25) is 0 Å². The molecule has 9 heteroatoms. The summed E-state index contributed by atoms with van der Waals surface area (Å²) in [7, 11) is 0. The van der Waals surface area contributed by atoms with Crippen molar-refractivity contribution in [2.45, 2.75) is 13.0 Å². The second kappa shape index (κ2) is 8.64. The van der Waals surface area contributed by atoms with Gasteiger partial charge < -0.3 is 20.7 Å². The zero-order valence-corrected chi connectivity index (χ0v) is 16.9. The van der Waals surface area contributed by atoms with Gasteiger partial charge in [0.2, 0.25) is 0 Å². The first-order valence-corrected chi connectivity index (χ1v) is 10.2. The molecule has 1 aromatic carbocycles. The van der Waals surface area contributed by atoms with Crippen LogP contribution in [0, 0.1) is 6.92 Å². The van der Waals surface area contributed by atoms with Gasteiger partial charge in [-0.2, -0.15) is 0 Å². The number of nitrogens with two attached hydrogens (primary N) is 1. The Bertz CT molecular complexity index is 973. The van der Waals surface area contributed by atoms with Crippen LogP contribution in [0.15, 0.2) is 42.0 Å². The predicted octanol–water partition coefficient (Wildman–Crippen LogP) is 2.32. The Kier molecular flexibility index (Phi) is 5.79. The lowest BCUT2D eigenvalue weighted by Gasteiger charge is -2.32. The first-order chi connectivity index (χ1) is 14.1. The standard InChI is InChI=1S/C20H22N6O2S/c1-13-12-29-20(24-13)14-2-4-15(5-3-14)25-19(27)17-9-23-18(10-22-17)26-6-7-28-16(8-21)11-26/h2-5,9-10,12,16H,6-8,11,21H2,1H3,(H,25,27). The van der Waals surface area contributed by atoms with E-state index in [0.29, 0.717) is 31.2 Å². The monoisotopic (exact) mass is 410 g/mol. The van der Waals surface area contributed by atoms with Gasteiger partial charge in [-0.3, -0.25) is 4.79 Å². The van der Waals surface area contributed by atoms with E-state index in [4.69, 9.17) is 10.5 Å². The Balaban J connectivity index is 1.39. The van der Waals surface area contributed by atoms with E-state index in [1.165, 1.54) is 6.20 Å². The summed E-state index contributed by atoms with van der Waals surface area (Å²) in [5.74, 6) is 0.412. The minimum Gasteiger partial charge on any atom is -0.373 e. The predicted molar refractivity (Wildman–Crippen MR) is 113 cm³/mol. The van der Waals surface area contributed by atoms with Crippen LogP contribution in [0.5, 0.6) is 0 Å². The molecule has 3 aromatic rings. The minimum atomic E-state index is -0.302.